The number of nitrogens with zero attached hydrogens (tertiary/aromatic N) is 9. The molecule has 0 spiro atoms. The Morgan fingerprint density at radius 1 is 0.966 bits per heavy atom. The van der Waals surface area contributed by atoms with Crippen molar-refractivity contribution in [3.8, 4) is 17.1 Å². The van der Waals surface area contributed by atoms with Crippen LogP contribution in [0.15, 0.2) is 48.8 Å². The lowest BCUT2D eigenvalue weighted by Crippen LogP contribution is -2.53. The van der Waals surface area contributed by atoms with Crippen molar-refractivity contribution in [1.82, 2.24) is 45.1 Å². The molecule has 3 aliphatic heterocycles. The molecule has 0 bridgehead atoms. The van der Waals surface area contributed by atoms with Gasteiger partial charge in [-0.05, 0) is 90.1 Å². The number of carbonyl (C=O) groups is 4. The van der Waals surface area contributed by atoms with Gasteiger partial charge in [-0.1, -0.05) is 0 Å². The van der Waals surface area contributed by atoms with Crippen LogP contribution in [0.5, 0.6) is 5.75 Å². The average molecular weight is 808 g/mol. The first-order chi connectivity index (χ1) is 28.5. The van der Waals surface area contributed by atoms with E-state index in [0.717, 1.165) is 118 Å². The number of likely N-dealkylation sites (N-methyl/N-ethyl adjacent to an activating group) is 2. The van der Waals surface area contributed by atoms with Crippen LogP contribution in [0.25, 0.3) is 22.3 Å². The van der Waals surface area contributed by atoms with Crippen molar-refractivity contribution in [2.75, 3.05) is 95.9 Å². The standard InChI is InChI=1S/C43H57N11O5/c1-29(2)59-33-9-10-36-35(24-33)41(48-47-36)37-25-39(45-28-44-37)54-22-21-52(30(3)26-54)18-15-49(4)13-6-14-51-16-19-53(20-17-51)32-8-7-31(27-55)34(23-32)43(58)50(5)38-11-12-40(56)46-42(38)57/h7-10,23-25,27-30,38H,6,11-22,26H2,1-5H3,(H,47,48)(H,46,56,57)/t30-,38?/m0/s1. The van der Waals surface area contributed by atoms with Crippen LogP contribution < -0.4 is 19.9 Å². The normalized spacial score (nSPS) is 19.4. The highest BCUT2D eigenvalue weighted by molar-refractivity contribution is 6.06. The van der Waals surface area contributed by atoms with Crippen LogP contribution in [0.3, 0.4) is 0 Å². The Morgan fingerprint density at radius 2 is 1.76 bits per heavy atom. The van der Waals surface area contributed by atoms with E-state index in [1.54, 1.807) is 25.5 Å². The summed E-state index contributed by atoms with van der Waals surface area (Å²) in [5.74, 6) is 0.480. The Labute approximate surface area is 345 Å². The quantitative estimate of drug-likeness (QED) is 0.133. The molecular weight excluding hydrogens is 751 g/mol. The Kier molecular flexibility index (Phi) is 13.2. The second kappa shape index (κ2) is 18.6. The van der Waals surface area contributed by atoms with Gasteiger partial charge in [-0.15, -0.1) is 0 Å². The maximum atomic E-state index is 13.5. The first-order valence-electron chi connectivity index (χ1n) is 20.8. The van der Waals surface area contributed by atoms with E-state index in [1.165, 1.54) is 4.90 Å². The topological polar surface area (TPSA) is 163 Å². The number of aromatic nitrogens is 4. The number of aromatic amines is 1. The summed E-state index contributed by atoms with van der Waals surface area (Å²) in [4.78, 5) is 72.0. The largest absolute Gasteiger partial charge is 0.491 e. The van der Waals surface area contributed by atoms with Crippen LogP contribution in [0.2, 0.25) is 0 Å². The van der Waals surface area contributed by atoms with Gasteiger partial charge in [0.15, 0.2) is 6.29 Å². The lowest BCUT2D eigenvalue weighted by Gasteiger charge is -2.41. The summed E-state index contributed by atoms with van der Waals surface area (Å²) in [6, 6.07) is 12.9. The second-order valence-electron chi connectivity index (χ2n) is 16.3. The minimum Gasteiger partial charge on any atom is -0.491 e. The van der Waals surface area contributed by atoms with E-state index in [-0.39, 0.29) is 36.0 Å². The Bertz CT molecular complexity index is 2130. The zero-order valence-electron chi connectivity index (χ0n) is 34.9. The molecule has 314 valence electrons. The average Bonchev–Trinajstić information content (AvgIpc) is 3.66. The first kappa shape index (κ1) is 41.7. The molecular formula is C43H57N11O5. The number of carbonyl (C=O) groups excluding carboxylic acids is 4. The van der Waals surface area contributed by atoms with Crippen molar-refractivity contribution in [3.63, 3.8) is 0 Å². The predicted octanol–water partition coefficient (Wildman–Crippen LogP) is 3.15. The third kappa shape index (κ3) is 9.89. The van der Waals surface area contributed by atoms with Crippen molar-refractivity contribution >= 4 is 46.4 Å². The smallest absolute Gasteiger partial charge is 0.255 e. The summed E-state index contributed by atoms with van der Waals surface area (Å²) in [5.41, 5.74) is 3.93. The van der Waals surface area contributed by atoms with Crippen molar-refractivity contribution in [2.45, 2.75) is 58.2 Å². The van der Waals surface area contributed by atoms with Gasteiger partial charge in [0.25, 0.3) is 5.91 Å². The number of anilines is 2. The zero-order chi connectivity index (χ0) is 41.6. The number of piperidine rings is 1. The van der Waals surface area contributed by atoms with Gasteiger partial charge in [0.2, 0.25) is 11.8 Å². The molecule has 3 amide bonds. The maximum absolute atomic E-state index is 13.5. The molecule has 2 aromatic heterocycles. The minimum absolute atomic E-state index is 0.0835. The van der Waals surface area contributed by atoms with Gasteiger partial charge in [0.05, 0.1) is 22.9 Å². The molecule has 0 radical (unpaired) electrons. The number of hydrogen-bond donors (Lipinski definition) is 2. The lowest BCUT2D eigenvalue weighted by molar-refractivity contribution is -0.136. The van der Waals surface area contributed by atoms with Gasteiger partial charge >= 0.3 is 0 Å². The van der Waals surface area contributed by atoms with E-state index < -0.39 is 17.9 Å². The van der Waals surface area contributed by atoms with Crippen molar-refractivity contribution in [3.05, 3.63) is 59.9 Å². The van der Waals surface area contributed by atoms with Gasteiger partial charge in [-0.3, -0.25) is 39.4 Å². The van der Waals surface area contributed by atoms with Crippen LogP contribution in [-0.4, -0.2) is 168 Å². The van der Waals surface area contributed by atoms with Crippen molar-refractivity contribution in [1.29, 1.82) is 0 Å². The number of rotatable bonds is 15. The number of hydrogen-bond acceptors (Lipinski definition) is 13. The molecule has 1 unspecified atom stereocenters. The number of imide groups is 1. The molecule has 2 aromatic carbocycles. The van der Waals surface area contributed by atoms with E-state index in [4.69, 9.17) is 4.74 Å². The molecule has 3 aliphatic rings. The summed E-state index contributed by atoms with van der Waals surface area (Å²) in [7, 11) is 3.75. The summed E-state index contributed by atoms with van der Waals surface area (Å²) in [6.45, 7) is 16.5. The van der Waals surface area contributed by atoms with Crippen LogP contribution >= 0.6 is 0 Å². The number of fused-ring (bicyclic) bond motifs is 1. The molecule has 2 atom stereocenters. The van der Waals surface area contributed by atoms with Crippen LogP contribution in [0.1, 0.15) is 60.7 Å². The van der Waals surface area contributed by atoms with Crippen molar-refractivity contribution in [2.24, 2.45) is 0 Å². The Hall–Kier alpha value is -5.45. The van der Waals surface area contributed by atoms with Crippen molar-refractivity contribution < 1.29 is 23.9 Å². The third-order valence-corrected chi connectivity index (χ3v) is 11.8. The number of nitrogens with one attached hydrogen (secondary N) is 2. The van der Waals surface area contributed by atoms with Gasteiger partial charge in [-0.25, -0.2) is 9.97 Å². The number of piperazine rings is 2. The van der Waals surface area contributed by atoms with Gasteiger partial charge in [0.1, 0.15) is 29.6 Å². The predicted molar refractivity (Wildman–Crippen MR) is 227 cm³/mol. The van der Waals surface area contributed by atoms with E-state index in [0.29, 0.717) is 12.3 Å². The Morgan fingerprint density at radius 3 is 2.51 bits per heavy atom. The number of aldehydes is 1. The molecule has 16 nitrogen and oxygen atoms in total. The summed E-state index contributed by atoms with van der Waals surface area (Å²) in [5, 5.41) is 11.0. The molecule has 2 N–H and O–H groups in total. The number of ether oxygens (including phenoxy) is 1. The van der Waals surface area contributed by atoms with Gasteiger partial charge in [-0.2, -0.15) is 5.10 Å². The van der Waals surface area contributed by atoms with Crippen LogP contribution in [0, 0.1) is 0 Å². The highest BCUT2D eigenvalue weighted by Crippen LogP contribution is 2.30. The minimum atomic E-state index is -0.757. The molecule has 7 rings (SSSR count). The fourth-order valence-corrected chi connectivity index (χ4v) is 8.34. The molecule has 0 aliphatic carbocycles. The van der Waals surface area contributed by atoms with E-state index in [9.17, 15) is 19.2 Å². The monoisotopic (exact) mass is 807 g/mol. The molecule has 3 saturated heterocycles. The summed E-state index contributed by atoms with van der Waals surface area (Å²) < 4.78 is 5.93. The highest BCUT2D eigenvalue weighted by Gasteiger charge is 2.34. The molecule has 3 fully saturated rings. The fourth-order valence-electron chi connectivity index (χ4n) is 8.34. The lowest BCUT2D eigenvalue weighted by atomic mass is 10.0. The fraction of sp³-hybridized carbons (Fsp3) is 0.512. The van der Waals surface area contributed by atoms with E-state index in [1.807, 2.05) is 44.2 Å². The highest BCUT2D eigenvalue weighted by atomic mass is 16.5. The zero-order valence-corrected chi connectivity index (χ0v) is 34.9. The van der Waals surface area contributed by atoms with Crippen LogP contribution in [0.4, 0.5) is 11.5 Å². The second-order valence-corrected chi connectivity index (χ2v) is 16.3. The van der Waals surface area contributed by atoms with E-state index >= 15 is 0 Å². The third-order valence-electron chi connectivity index (χ3n) is 11.8. The Balaban J connectivity index is 0.836. The first-order valence-corrected chi connectivity index (χ1v) is 20.8. The number of H-pyrrole nitrogens is 1. The number of amides is 3. The summed E-state index contributed by atoms with van der Waals surface area (Å²) in [6.07, 6.45) is 3.89. The van der Waals surface area contributed by atoms with Gasteiger partial charge in [0, 0.05) is 101 Å². The molecule has 4 aromatic rings. The number of benzene rings is 2. The van der Waals surface area contributed by atoms with E-state index in [2.05, 4.69) is 64.0 Å². The maximum Gasteiger partial charge on any atom is 0.255 e. The molecule has 0 saturated carbocycles. The molecule has 59 heavy (non-hydrogen) atoms. The van der Waals surface area contributed by atoms with Gasteiger partial charge < -0.3 is 24.3 Å². The summed E-state index contributed by atoms with van der Waals surface area (Å²) >= 11 is 0. The SMILES string of the molecule is CC(C)Oc1ccc2[nH]nc(-c3cc(N4CCN(CCN(C)CCCN5CCN(c6ccc(C=O)c(C(=O)N(C)C7CCC(=O)NC7=O)c6)CC5)[C@@H](C)C4)ncn3)c2c1. The molecule has 5 heterocycles. The van der Waals surface area contributed by atoms with Crippen LogP contribution in [-0.2, 0) is 9.59 Å². The molecule has 16 heteroatoms.